The first kappa shape index (κ1) is 14.9. The Morgan fingerprint density at radius 3 is 2.75 bits per heavy atom. The van der Waals surface area contributed by atoms with Gasteiger partial charge in [-0.2, -0.15) is 0 Å². The number of hydrogen-bond acceptors (Lipinski definition) is 3. The molecule has 1 aromatic carbocycles. The van der Waals surface area contributed by atoms with Crippen molar-refractivity contribution in [3.05, 3.63) is 29.3 Å². The quantitative estimate of drug-likeness (QED) is 0.793. The van der Waals surface area contributed by atoms with Crippen LogP contribution in [0.5, 0.6) is 5.75 Å². The maximum absolute atomic E-state index is 10.7. The third-order valence-corrected chi connectivity index (χ3v) is 3.66. The third-order valence-electron chi connectivity index (χ3n) is 3.66. The predicted molar refractivity (Wildman–Crippen MR) is 78.3 cm³/mol. The molecule has 0 atom stereocenters. The number of hydrogen-bond donors (Lipinski definition) is 1. The lowest BCUT2D eigenvalue weighted by Gasteiger charge is -2.21. The van der Waals surface area contributed by atoms with E-state index in [1.165, 1.54) is 18.4 Å². The number of rotatable bonds is 8. The lowest BCUT2D eigenvalue weighted by atomic mass is 10.1. The molecular weight excluding hydrogens is 254 g/mol. The minimum atomic E-state index is -0.730. The largest absolute Gasteiger partial charge is 0.492 e. The van der Waals surface area contributed by atoms with Crippen molar-refractivity contribution >= 4 is 5.97 Å². The standard InChI is InChI=1S/C16H23NO3/c1-12-3-4-13(2)15(11-12)20-10-9-17(14-5-6-14)8-7-16(18)19/h3-4,11,14H,5-10H2,1-2H3,(H,18,19). The zero-order valence-corrected chi connectivity index (χ0v) is 12.3. The van der Waals surface area contributed by atoms with E-state index in [9.17, 15) is 4.79 Å². The minimum absolute atomic E-state index is 0.208. The Balaban J connectivity index is 1.80. The Morgan fingerprint density at radius 1 is 1.35 bits per heavy atom. The Kier molecular flexibility index (Phi) is 5.01. The molecule has 1 N–H and O–H groups in total. The molecule has 4 nitrogen and oxygen atoms in total. The van der Waals surface area contributed by atoms with Crippen molar-refractivity contribution in [2.75, 3.05) is 19.7 Å². The summed E-state index contributed by atoms with van der Waals surface area (Å²) in [5.74, 6) is 0.199. The van der Waals surface area contributed by atoms with Crippen molar-refractivity contribution in [1.29, 1.82) is 0 Å². The molecule has 110 valence electrons. The fraction of sp³-hybridized carbons (Fsp3) is 0.562. The van der Waals surface area contributed by atoms with E-state index in [4.69, 9.17) is 9.84 Å². The molecule has 0 unspecified atom stereocenters. The number of carbonyl (C=O) groups is 1. The molecule has 2 rings (SSSR count). The summed E-state index contributed by atoms with van der Waals surface area (Å²) in [6, 6.07) is 6.75. The molecule has 1 aliphatic carbocycles. The molecule has 0 amide bonds. The molecule has 1 aromatic rings. The van der Waals surface area contributed by atoms with Gasteiger partial charge < -0.3 is 9.84 Å². The first-order chi connectivity index (χ1) is 9.56. The van der Waals surface area contributed by atoms with E-state index in [2.05, 4.69) is 24.0 Å². The molecule has 1 fully saturated rings. The molecule has 0 saturated heterocycles. The van der Waals surface area contributed by atoms with Crippen molar-refractivity contribution in [3.8, 4) is 5.75 Å². The first-order valence-electron chi connectivity index (χ1n) is 7.22. The lowest BCUT2D eigenvalue weighted by molar-refractivity contribution is -0.137. The Bertz CT molecular complexity index is 469. The summed E-state index contributed by atoms with van der Waals surface area (Å²) in [5, 5.41) is 8.78. The van der Waals surface area contributed by atoms with Gasteiger partial charge in [0.1, 0.15) is 12.4 Å². The van der Waals surface area contributed by atoms with E-state index in [1.54, 1.807) is 0 Å². The third kappa shape index (κ3) is 4.53. The van der Waals surface area contributed by atoms with Gasteiger partial charge in [-0.3, -0.25) is 9.69 Å². The van der Waals surface area contributed by atoms with Gasteiger partial charge in [-0.1, -0.05) is 12.1 Å². The van der Waals surface area contributed by atoms with E-state index in [1.807, 2.05) is 13.0 Å². The summed E-state index contributed by atoms with van der Waals surface area (Å²) < 4.78 is 5.84. The van der Waals surface area contributed by atoms with Gasteiger partial charge in [0.2, 0.25) is 0 Å². The topological polar surface area (TPSA) is 49.8 Å². The molecule has 20 heavy (non-hydrogen) atoms. The van der Waals surface area contributed by atoms with Crippen molar-refractivity contribution in [1.82, 2.24) is 4.90 Å². The summed E-state index contributed by atoms with van der Waals surface area (Å²) in [5.41, 5.74) is 2.33. The Hall–Kier alpha value is -1.55. The Morgan fingerprint density at radius 2 is 2.10 bits per heavy atom. The Labute approximate surface area is 120 Å². The smallest absolute Gasteiger partial charge is 0.304 e. The number of aryl methyl sites for hydroxylation is 2. The van der Waals surface area contributed by atoms with E-state index >= 15 is 0 Å². The second-order valence-electron chi connectivity index (χ2n) is 5.53. The van der Waals surface area contributed by atoms with Gasteiger partial charge in [-0.05, 0) is 43.9 Å². The van der Waals surface area contributed by atoms with E-state index in [0.29, 0.717) is 19.2 Å². The molecule has 0 heterocycles. The van der Waals surface area contributed by atoms with Crippen molar-refractivity contribution in [2.24, 2.45) is 0 Å². The van der Waals surface area contributed by atoms with Gasteiger partial charge in [-0.25, -0.2) is 0 Å². The maximum Gasteiger partial charge on any atom is 0.304 e. The molecule has 0 bridgehead atoms. The summed E-state index contributed by atoms with van der Waals surface area (Å²) >= 11 is 0. The molecule has 0 aliphatic heterocycles. The van der Waals surface area contributed by atoms with E-state index in [-0.39, 0.29) is 6.42 Å². The normalized spacial score (nSPS) is 14.6. The molecular formula is C16H23NO3. The van der Waals surface area contributed by atoms with Crippen LogP contribution in [0.25, 0.3) is 0 Å². The summed E-state index contributed by atoms with van der Waals surface area (Å²) in [4.78, 5) is 12.9. The van der Waals surface area contributed by atoms with Gasteiger partial charge >= 0.3 is 5.97 Å². The second kappa shape index (κ2) is 6.75. The van der Waals surface area contributed by atoms with Crippen LogP contribution in [0.15, 0.2) is 18.2 Å². The molecule has 1 saturated carbocycles. The average molecular weight is 277 g/mol. The minimum Gasteiger partial charge on any atom is -0.492 e. The van der Waals surface area contributed by atoms with Crippen LogP contribution in [-0.2, 0) is 4.79 Å². The lowest BCUT2D eigenvalue weighted by Crippen LogP contribution is -2.32. The van der Waals surface area contributed by atoms with Crippen LogP contribution in [-0.4, -0.2) is 41.7 Å². The monoisotopic (exact) mass is 277 g/mol. The van der Waals surface area contributed by atoms with Crippen LogP contribution in [0.4, 0.5) is 0 Å². The molecule has 4 heteroatoms. The van der Waals surface area contributed by atoms with Crippen molar-refractivity contribution in [3.63, 3.8) is 0 Å². The van der Waals surface area contributed by atoms with Crippen LogP contribution in [0.3, 0.4) is 0 Å². The fourth-order valence-corrected chi connectivity index (χ4v) is 2.29. The molecule has 0 spiro atoms. The van der Waals surface area contributed by atoms with E-state index in [0.717, 1.165) is 17.9 Å². The van der Waals surface area contributed by atoms with Gasteiger partial charge in [0.15, 0.2) is 0 Å². The van der Waals surface area contributed by atoms with Gasteiger partial charge in [0.25, 0.3) is 0 Å². The highest BCUT2D eigenvalue weighted by molar-refractivity contribution is 5.66. The summed E-state index contributed by atoms with van der Waals surface area (Å²) in [7, 11) is 0. The average Bonchev–Trinajstić information content (AvgIpc) is 3.21. The highest BCUT2D eigenvalue weighted by Gasteiger charge is 2.28. The predicted octanol–water partition coefficient (Wildman–Crippen LogP) is 2.62. The second-order valence-corrected chi connectivity index (χ2v) is 5.53. The SMILES string of the molecule is Cc1ccc(C)c(OCCN(CCC(=O)O)C2CC2)c1. The first-order valence-corrected chi connectivity index (χ1v) is 7.22. The number of aliphatic carboxylic acids is 1. The maximum atomic E-state index is 10.7. The molecule has 0 aromatic heterocycles. The number of nitrogens with zero attached hydrogens (tertiary/aromatic N) is 1. The van der Waals surface area contributed by atoms with Crippen molar-refractivity contribution in [2.45, 2.75) is 39.2 Å². The number of benzene rings is 1. The highest BCUT2D eigenvalue weighted by Crippen LogP contribution is 2.27. The van der Waals surface area contributed by atoms with Crippen LogP contribution >= 0.6 is 0 Å². The zero-order chi connectivity index (χ0) is 14.5. The van der Waals surface area contributed by atoms with Crippen molar-refractivity contribution < 1.29 is 14.6 Å². The van der Waals surface area contributed by atoms with Crippen LogP contribution < -0.4 is 4.74 Å². The van der Waals surface area contributed by atoms with Gasteiger partial charge in [0.05, 0.1) is 6.42 Å². The molecule has 1 aliphatic rings. The number of ether oxygens (including phenoxy) is 1. The van der Waals surface area contributed by atoms with Crippen LogP contribution in [0.1, 0.15) is 30.4 Å². The van der Waals surface area contributed by atoms with E-state index < -0.39 is 5.97 Å². The van der Waals surface area contributed by atoms with Gasteiger partial charge in [-0.15, -0.1) is 0 Å². The highest BCUT2D eigenvalue weighted by atomic mass is 16.5. The summed E-state index contributed by atoms with van der Waals surface area (Å²) in [6.07, 6.45) is 2.58. The van der Waals surface area contributed by atoms with Crippen LogP contribution in [0, 0.1) is 13.8 Å². The molecule has 0 radical (unpaired) electrons. The number of carboxylic acids is 1. The summed E-state index contributed by atoms with van der Waals surface area (Å²) in [6.45, 7) is 6.12. The zero-order valence-electron chi connectivity index (χ0n) is 12.3. The van der Waals surface area contributed by atoms with Gasteiger partial charge in [0, 0.05) is 19.1 Å². The number of carboxylic acid groups (broad SMARTS) is 1. The fourth-order valence-electron chi connectivity index (χ4n) is 2.29. The van der Waals surface area contributed by atoms with Crippen LogP contribution in [0.2, 0.25) is 0 Å².